The lowest BCUT2D eigenvalue weighted by molar-refractivity contribution is -0.196. The molecule has 6 heteroatoms. The van der Waals surface area contributed by atoms with Crippen LogP contribution in [0.1, 0.15) is 36.5 Å². The van der Waals surface area contributed by atoms with Crippen LogP contribution >= 0.6 is 0 Å². The van der Waals surface area contributed by atoms with Gasteiger partial charge in [-0.15, -0.1) is 0 Å². The molecule has 1 aromatic carbocycles. The molecule has 20 heavy (non-hydrogen) atoms. The van der Waals surface area contributed by atoms with Gasteiger partial charge in [-0.2, -0.15) is 13.2 Å². The van der Waals surface area contributed by atoms with Crippen LogP contribution in [0.3, 0.4) is 0 Å². The molecule has 0 radical (unpaired) electrons. The summed E-state index contributed by atoms with van der Waals surface area (Å²) in [6, 6.07) is 4.63. The molecule has 1 N–H and O–H groups in total. The summed E-state index contributed by atoms with van der Waals surface area (Å²) in [4.78, 5) is 0. The predicted octanol–water partition coefficient (Wildman–Crippen LogP) is 3.28. The Bertz CT molecular complexity index is 411. The summed E-state index contributed by atoms with van der Waals surface area (Å²) in [6.07, 6.45) is -2.74. The van der Waals surface area contributed by atoms with E-state index in [1.165, 1.54) is 12.1 Å². The van der Waals surface area contributed by atoms with Gasteiger partial charge in [0.25, 0.3) is 0 Å². The van der Waals surface area contributed by atoms with E-state index in [1.54, 1.807) is 0 Å². The maximum atomic E-state index is 12.5. The first-order valence-corrected chi connectivity index (χ1v) is 6.56. The Morgan fingerprint density at radius 1 is 1.25 bits per heavy atom. The molecular weight excluding hydrogens is 273 g/mol. The van der Waals surface area contributed by atoms with E-state index in [9.17, 15) is 18.3 Å². The van der Waals surface area contributed by atoms with Crippen LogP contribution in [0.4, 0.5) is 13.2 Å². The molecule has 1 heterocycles. The number of hydrogen-bond acceptors (Lipinski definition) is 3. The Hall–Kier alpha value is -1.11. The van der Waals surface area contributed by atoms with E-state index < -0.39 is 24.1 Å². The third-order valence-corrected chi connectivity index (χ3v) is 3.23. The number of hydrogen-bond donors (Lipinski definition) is 1. The summed E-state index contributed by atoms with van der Waals surface area (Å²) in [7, 11) is 0. The van der Waals surface area contributed by atoms with Gasteiger partial charge in [-0.1, -0.05) is 12.1 Å². The van der Waals surface area contributed by atoms with Gasteiger partial charge in [0.05, 0.1) is 12.2 Å². The van der Waals surface area contributed by atoms with E-state index in [4.69, 9.17) is 9.47 Å². The minimum absolute atomic E-state index is 0.300. The summed E-state index contributed by atoms with van der Waals surface area (Å²) in [5, 5.41) is 9.34. The van der Waals surface area contributed by atoms with Crippen LogP contribution in [-0.2, 0) is 15.7 Å². The molecule has 1 saturated heterocycles. The summed E-state index contributed by atoms with van der Waals surface area (Å²) >= 11 is 0. The highest BCUT2D eigenvalue weighted by Gasteiger charge is 2.30. The Morgan fingerprint density at radius 3 is 2.45 bits per heavy atom. The fourth-order valence-corrected chi connectivity index (χ4v) is 2.12. The zero-order chi connectivity index (χ0) is 14.6. The lowest BCUT2D eigenvalue weighted by atomic mass is 10.1. The van der Waals surface area contributed by atoms with E-state index in [1.807, 2.05) is 0 Å². The minimum Gasteiger partial charge on any atom is -0.393 e. The minimum atomic E-state index is -4.36. The predicted molar refractivity (Wildman–Crippen MR) is 65.9 cm³/mol. The first kappa shape index (κ1) is 15.3. The van der Waals surface area contributed by atoms with Crippen LogP contribution in [0.25, 0.3) is 0 Å². The SMILES string of the molecule is OC[C@@H](OC1CCCCO1)c1ccc(C(F)(F)F)cc1. The van der Waals surface area contributed by atoms with E-state index >= 15 is 0 Å². The van der Waals surface area contributed by atoms with Crippen LogP contribution in [-0.4, -0.2) is 24.6 Å². The molecular formula is C14H17F3O3. The van der Waals surface area contributed by atoms with Crippen molar-refractivity contribution in [1.29, 1.82) is 0 Å². The van der Waals surface area contributed by atoms with Crippen LogP contribution in [0, 0.1) is 0 Å². The summed E-state index contributed by atoms with van der Waals surface area (Å²) in [5.41, 5.74) is -0.207. The molecule has 3 nitrogen and oxygen atoms in total. The Morgan fingerprint density at radius 2 is 1.95 bits per heavy atom. The van der Waals surface area contributed by atoms with Gasteiger partial charge in [-0.05, 0) is 37.0 Å². The molecule has 112 valence electrons. The zero-order valence-electron chi connectivity index (χ0n) is 10.9. The lowest BCUT2D eigenvalue weighted by Gasteiger charge is -2.27. The Labute approximate surface area is 115 Å². The highest BCUT2D eigenvalue weighted by Crippen LogP contribution is 2.31. The molecule has 0 saturated carbocycles. The van der Waals surface area contributed by atoms with Gasteiger partial charge in [0.2, 0.25) is 0 Å². The van der Waals surface area contributed by atoms with Crippen molar-refractivity contribution < 1.29 is 27.8 Å². The summed E-state index contributed by atoms with van der Waals surface area (Å²) in [6.45, 7) is 0.307. The topological polar surface area (TPSA) is 38.7 Å². The van der Waals surface area contributed by atoms with Gasteiger partial charge in [0, 0.05) is 6.61 Å². The maximum absolute atomic E-state index is 12.5. The van der Waals surface area contributed by atoms with Crippen molar-refractivity contribution >= 4 is 0 Å². The number of alkyl halides is 3. The van der Waals surface area contributed by atoms with Gasteiger partial charge in [-0.25, -0.2) is 0 Å². The normalized spacial score (nSPS) is 21.7. The largest absolute Gasteiger partial charge is 0.416 e. The lowest BCUT2D eigenvalue weighted by Crippen LogP contribution is -2.25. The second-order valence-corrected chi connectivity index (χ2v) is 4.72. The van der Waals surface area contributed by atoms with Crippen molar-refractivity contribution in [2.45, 2.75) is 37.8 Å². The first-order valence-electron chi connectivity index (χ1n) is 6.56. The number of halogens is 3. The molecule has 1 unspecified atom stereocenters. The highest BCUT2D eigenvalue weighted by molar-refractivity contribution is 5.26. The molecule has 2 rings (SSSR count). The van der Waals surface area contributed by atoms with Gasteiger partial charge in [0.1, 0.15) is 6.10 Å². The molecule has 1 aliphatic heterocycles. The molecule has 1 aromatic rings. The third-order valence-electron chi connectivity index (χ3n) is 3.23. The molecule has 0 bridgehead atoms. The van der Waals surface area contributed by atoms with Crippen molar-refractivity contribution in [3.05, 3.63) is 35.4 Å². The number of benzene rings is 1. The summed E-state index contributed by atoms with van der Waals surface area (Å²) in [5.74, 6) is 0. The molecule has 0 amide bonds. The van der Waals surface area contributed by atoms with Gasteiger partial charge in [-0.3, -0.25) is 0 Å². The van der Waals surface area contributed by atoms with Crippen LogP contribution in [0.5, 0.6) is 0 Å². The smallest absolute Gasteiger partial charge is 0.393 e. The highest BCUT2D eigenvalue weighted by atomic mass is 19.4. The molecule has 0 aliphatic carbocycles. The average molecular weight is 290 g/mol. The standard InChI is InChI=1S/C14H17F3O3/c15-14(16,17)11-6-4-10(5-7-11)12(9-18)20-13-3-1-2-8-19-13/h4-7,12-13,18H,1-3,8-9H2/t12-,13?/m1/s1. The monoisotopic (exact) mass is 290 g/mol. The number of rotatable bonds is 4. The van der Waals surface area contributed by atoms with Crippen LogP contribution in [0.2, 0.25) is 0 Å². The first-order chi connectivity index (χ1) is 9.50. The molecule has 0 spiro atoms. The molecule has 2 atom stereocenters. The fourth-order valence-electron chi connectivity index (χ4n) is 2.12. The average Bonchev–Trinajstić information content (AvgIpc) is 2.45. The number of ether oxygens (including phenoxy) is 2. The van der Waals surface area contributed by atoms with Crippen LogP contribution in [0.15, 0.2) is 24.3 Å². The van der Waals surface area contributed by atoms with Crippen molar-refractivity contribution in [1.82, 2.24) is 0 Å². The zero-order valence-corrected chi connectivity index (χ0v) is 10.9. The van der Waals surface area contributed by atoms with Gasteiger partial charge < -0.3 is 14.6 Å². The fraction of sp³-hybridized carbons (Fsp3) is 0.571. The number of aliphatic hydroxyl groups is 1. The molecule has 1 fully saturated rings. The summed E-state index contributed by atoms with van der Waals surface area (Å²) < 4.78 is 48.4. The number of aliphatic hydroxyl groups excluding tert-OH is 1. The second kappa shape index (κ2) is 6.56. The van der Waals surface area contributed by atoms with E-state index in [2.05, 4.69) is 0 Å². The molecule has 1 aliphatic rings. The van der Waals surface area contributed by atoms with E-state index in [-0.39, 0.29) is 6.61 Å². The van der Waals surface area contributed by atoms with Crippen LogP contribution < -0.4 is 0 Å². The quantitative estimate of drug-likeness (QED) is 0.925. The maximum Gasteiger partial charge on any atom is 0.416 e. The second-order valence-electron chi connectivity index (χ2n) is 4.72. The molecule has 0 aromatic heterocycles. The van der Waals surface area contributed by atoms with E-state index in [0.717, 1.165) is 31.4 Å². The Balaban J connectivity index is 2.03. The van der Waals surface area contributed by atoms with Gasteiger partial charge >= 0.3 is 6.18 Å². The van der Waals surface area contributed by atoms with E-state index in [0.29, 0.717) is 12.2 Å². The van der Waals surface area contributed by atoms with Crippen molar-refractivity contribution in [3.8, 4) is 0 Å². The Kier molecular flexibility index (Phi) is 5.01. The van der Waals surface area contributed by atoms with Crippen molar-refractivity contribution in [2.24, 2.45) is 0 Å². The van der Waals surface area contributed by atoms with Gasteiger partial charge in [0.15, 0.2) is 6.29 Å². The third kappa shape index (κ3) is 3.94. The van der Waals surface area contributed by atoms with Crippen molar-refractivity contribution in [3.63, 3.8) is 0 Å². The van der Waals surface area contributed by atoms with Crippen molar-refractivity contribution in [2.75, 3.05) is 13.2 Å².